The van der Waals surface area contributed by atoms with Gasteiger partial charge < -0.3 is 16.2 Å². The summed E-state index contributed by atoms with van der Waals surface area (Å²) in [6.07, 6.45) is 0. The van der Waals surface area contributed by atoms with E-state index in [0.29, 0.717) is 21.4 Å². The maximum Gasteiger partial charge on any atom is 0.335 e. The van der Waals surface area contributed by atoms with Crippen LogP contribution < -0.4 is 11.1 Å². The lowest BCUT2D eigenvalue weighted by molar-refractivity contribution is 0.0696. The number of nitrogens with two attached hydrogens (primary N) is 1. The van der Waals surface area contributed by atoms with Crippen LogP contribution >= 0.6 is 15.9 Å². The molecule has 20 heavy (non-hydrogen) atoms. The number of nitrogen functional groups attached to an aromatic ring is 1. The summed E-state index contributed by atoms with van der Waals surface area (Å²) in [7, 11) is 0. The number of rotatable bonds is 3. The zero-order chi connectivity index (χ0) is 14.7. The zero-order valence-electron chi connectivity index (χ0n) is 10.3. The molecule has 0 bridgehead atoms. The first-order valence-electron chi connectivity index (χ1n) is 5.67. The van der Waals surface area contributed by atoms with Crippen molar-refractivity contribution < 1.29 is 14.7 Å². The van der Waals surface area contributed by atoms with Gasteiger partial charge in [0.05, 0.1) is 5.56 Å². The maximum atomic E-state index is 12.0. The van der Waals surface area contributed by atoms with Gasteiger partial charge in [-0.25, -0.2) is 4.79 Å². The summed E-state index contributed by atoms with van der Waals surface area (Å²) in [6, 6.07) is 10.8. The fraction of sp³-hybridized carbons (Fsp3) is 0. The number of amides is 1. The van der Waals surface area contributed by atoms with E-state index in [-0.39, 0.29) is 11.5 Å². The molecule has 0 unspecified atom stereocenters. The molecular formula is C14H11BrN2O3. The van der Waals surface area contributed by atoms with Gasteiger partial charge in [0.1, 0.15) is 0 Å². The molecule has 0 heterocycles. The third-order valence-corrected chi connectivity index (χ3v) is 3.34. The van der Waals surface area contributed by atoms with Crippen molar-refractivity contribution in [1.82, 2.24) is 0 Å². The van der Waals surface area contributed by atoms with E-state index >= 15 is 0 Å². The molecule has 0 aliphatic heterocycles. The van der Waals surface area contributed by atoms with Gasteiger partial charge in [-0.15, -0.1) is 0 Å². The first-order valence-corrected chi connectivity index (χ1v) is 6.46. The highest BCUT2D eigenvalue weighted by Crippen LogP contribution is 2.21. The fourth-order valence-electron chi connectivity index (χ4n) is 1.57. The van der Waals surface area contributed by atoms with Crippen molar-refractivity contribution in [3.63, 3.8) is 0 Å². The Labute approximate surface area is 123 Å². The fourth-order valence-corrected chi connectivity index (χ4v) is 1.95. The number of halogens is 1. The van der Waals surface area contributed by atoms with Gasteiger partial charge >= 0.3 is 5.97 Å². The van der Waals surface area contributed by atoms with Crippen LogP contribution in [0.5, 0.6) is 0 Å². The monoisotopic (exact) mass is 334 g/mol. The van der Waals surface area contributed by atoms with Crippen molar-refractivity contribution in [3.8, 4) is 0 Å². The summed E-state index contributed by atoms with van der Waals surface area (Å²) in [6.45, 7) is 0. The second-order valence-corrected chi connectivity index (χ2v) is 4.93. The van der Waals surface area contributed by atoms with Gasteiger partial charge in [0.25, 0.3) is 5.91 Å². The zero-order valence-corrected chi connectivity index (χ0v) is 11.8. The topological polar surface area (TPSA) is 92.4 Å². The Morgan fingerprint density at radius 3 is 2.20 bits per heavy atom. The highest BCUT2D eigenvalue weighted by molar-refractivity contribution is 9.10. The number of anilines is 2. The maximum absolute atomic E-state index is 12.0. The predicted molar refractivity (Wildman–Crippen MR) is 79.9 cm³/mol. The summed E-state index contributed by atoms with van der Waals surface area (Å²) in [5.41, 5.74) is 7.34. The van der Waals surface area contributed by atoms with Crippen molar-refractivity contribution >= 4 is 39.2 Å². The number of carbonyl (C=O) groups excluding carboxylic acids is 1. The van der Waals surface area contributed by atoms with Gasteiger partial charge in [0.2, 0.25) is 0 Å². The molecule has 0 aliphatic rings. The van der Waals surface area contributed by atoms with E-state index in [1.807, 2.05) is 0 Å². The van der Waals surface area contributed by atoms with Crippen molar-refractivity contribution in [2.24, 2.45) is 0 Å². The average Bonchev–Trinajstić information content (AvgIpc) is 2.42. The van der Waals surface area contributed by atoms with Gasteiger partial charge in [-0.2, -0.15) is 0 Å². The molecule has 5 nitrogen and oxygen atoms in total. The number of carboxylic acid groups (broad SMARTS) is 1. The Balaban J connectivity index is 2.14. The van der Waals surface area contributed by atoms with Crippen LogP contribution in [0, 0.1) is 0 Å². The molecule has 6 heteroatoms. The Kier molecular flexibility index (Phi) is 4.05. The standard InChI is InChI=1S/C14H11BrN2O3/c15-11-7-9(3-6-12(11)16)13(18)17-10-4-1-8(2-5-10)14(19)20/h1-7H,16H2,(H,17,18)(H,19,20). The van der Waals surface area contributed by atoms with Gasteiger partial charge in [-0.3, -0.25) is 4.79 Å². The Bertz CT molecular complexity index is 669. The van der Waals surface area contributed by atoms with E-state index in [9.17, 15) is 9.59 Å². The molecule has 4 N–H and O–H groups in total. The van der Waals surface area contributed by atoms with Crippen LogP contribution in [0.25, 0.3) is 0 Å². The van der Waals surface area contributed by atoms with E-state index in [0.717, 1.165) is 0 Å². The van der Waals surface area contributed by atoms with E-state index in [1.165, 1.54) is 24.3 Å². The van der Waals surface area contributed by atoms with Crippen LogP contribution in [0.1, 0.15) is 20.7 Å². The quantitative estimate of drug-likeness (QED) is 0.752. The van der Waals surface area contributed by atoms with Gasteiger partial charge in [0.15, 0.2) is 0 Å². The van der Waals surface area contributed by atoms with Gasteiger partial charge in [-0.1, -0.05) is 0 Å². The Morgan fingerprint density at radius 2 is 1.65 bits per heavy atom. The number of hydrogen-bond acceptors (Lipinski definition) is 3. The van der Waals surface area contributed by atoms with Crippen LogP contribution in [0.15, 0.2) is 46.9 Å². The summed E-state index contributed by atoms with van der Waals surface area (Å²) >= 11 is 3.25. The van der Waals surface area contributed by atoms with Crippen molar-refractivity contribution in [3.05, 3.63) is 58.1 Å². The third-order valence-electron chi connectivity index (χ3n) is 2.65. The lowest BCUT2D eigenvalue weighted by Crippen LogP contribution is -2.12. The van der Waals surface area contributed by atoms with Crippen molar-refractivity contribution in [2.45, 2.75) is 0 Å². The van der Waals surface area contributed by atoms with Crippen LogP contribution in [0.4, 0.5) is 11.4 Å². The van der Waals surface area contributed by atoms with Crippen molar-refractivity contribution in [1.29, 1.82) is 0 Å². The molecule has 0 saturated heterocycles. The highest BCUT2D eigenvalue weighted by atomic mass is 79.9. The summed E-state index contributed by atoms with van der Waals surface area (Å²) in [4.78, 5) is 22.7. The molecule has 0 saturated carbocycles. The molecule has 1 amide bonds. The van der Waals surface area contributed by atoms with Crippen LogP contribution in [-0.4, -0.2) is 17.0 Å². The molecule has 0 aromatic heterocycles. The van der Waals surface area contributed by atoms with E-state index in [4.69, 9.17) is 10.8 Å². The van der Waals surface area contributed by atoms with Gasteiger partial charge in [-0.05, 0) is 58.4 Å². The molecule has 0 spiro atoms. The third kappa shape index (κ3) is 3.16. The first-order chi connectivity index (χ1) is 9.47. The highest BCUT2D eigenvalue weighted by Gasteiger charge is 2.08. The molecule has 0 atom stereocenters. The smallest absolute Gasteiger partial charge is 0.335 e. The SMILES string of the molecule is Nc1ccc(C(=O)Nc2ccc(C(=O)O)cc2)cc1Br. The molecule has 2 aromatic rings. The van der Waals surface area contributed by atoms with E-state index < -0.39 is 5.97 Å². The second kappa shape index (κ2) is 5.75. The number of nitrogens with one attached hydrogen (secondary N) is 1. The van der Waals surface area contributed by atoms with Crippen molar-refractivity contribution in [2.75, 3.05) is 11.1 Å². The van der Waals surface area contributed by atoms with Crippen LogP contribution in [0.3, 0.4) is 0 Å². The minimum absolute atomic E-state index is 0.165. The largest absolute Gasteiger partial charge is 0.478 e. The number of hydrogen-bond donors (Lipinski definition) is 3. The number of aromatic carboxylic acids is 1. The molecule has 0 aliphatic carbocycles. The summed E-state index contributed by atoms with van der Waals surface area (Å²) in [5.74, 6) is -1.31. The summed E-state index contributed by atoms with van der Waals surface area (Å²) in [5, 5.41) is 11.5. The lowest BCUT2D eigenvalue weighted by atomic mass is 10.1. The molecule has 2 aromatic carbocycles. The predicted octanol–water partition coefficient (Wildman–Crippen LogP) is 2.98. The first kappa shape index (κ1) is 14.1. The molecule has 102 valence electrons. The second-order valence-electron chi connectivity index (χ2n) is 4.07. The Hall–Kier alpha value is -2.34. The van der Waals surface area contributed by atoms with E-state index in [2.05, 4.69) is 21.2 Å². The number of carboxylic acids is 1. The lowest BCUT2D eigenvalue weighted by Gasteiger charge is -2.07. The number of benzene rings is 2. The average molecular weight is 335 g/mol. The van der Waals surface area contributed by atoms with E-state index in [1.54, 1.807) is 18.2 Å². The van der Waals surface area contributed by atoms with Crippen LogP contribution in [-0.2, 0) is 0 Å². The molecule has 0 radical (unpaired) electrons. The normalized spacial score (nSPS) is 10.1. The van der Waals surface area contributed by atoms with Crippen LogP contribution in [0.2, 0.25) is 0 Å². The number of carbonyl (C=O) groups is 2. The van der Waals surface area contributed by atoms with Gasteiger partial charge in [0, 0.05) is 21.4 Å². The molecule has 0 fully saturated rings. The Morgan fingerprint density at radius 1 is 1.05 bits per heavy atom. The minimum Gasteiger partial charge on any atom is -0.478 e. The molecular weight excluding hydrogens is 324 g/mol. The molecule has 2 rings (SSSR count). The minimum atomic E-state index is -1.01. The summed E-state index contributed by atoms with van der Waals surface area (Å²) < 4.78 is 0.645.